The monoisotopic (exact) mass is 491 g/mol. The van der Waals surface area contributed by atoms with Crippen LogP contribution in [0.4, 0.5) is 0 Å². The van der Waals surface area contributed by atoms with Gasteiger partial charge in [0.2, 0.25) is 0 Å². The van der Waals surface area contributed by atoms with Gasteiger partial charge in [0.05, 0.1) is 23.3 Å². The fraction of sp³-hybridized carbons (Fsp3) is 0.250. The molecule has 0 unspecified atom stereocenters. The van der Waals surface area contributed by atoms with E-state index in [1.165, 1.54) is 0 Å². The lowest BCUT2D eigenvalue weighted by atomic mass is 10.3. The molecule has 0 aliphatic rings. The Balaban J connectivity index is 0.000000439. The summed E-state index contributed by atoms with van der Waals surface area (Å²) in [5.74, 6) is 1.07. The summed E-state index contributed by atoms with van der Waals surface area (Å²) in [4.78, 5) is 17.0. The molecular weight excluding hydrogens is 477 g/mol. The second kappa shape index (κ2) is 16.0. The fourth-order valence-electron chi connectivity index (χ4n) is 1.50. The Morgan fingerprint density at radius 1 is 0.786 bits per heavy atom. The van der Waals surface area contributed by atoms with E-state index in [1.807, 2.05) is 0 Å². The van der Waals surface area contributed by atoms with Crippen LogP contribution >= 0.6 is 54.7 Å². The summed E-state index contributed by atoms with van der Waals surface area (Å²) in [6.45, 7) is 0.417. The molecule has 0 radical (unpaired) electrons. The van der Waals surface area contributed by atoms with Gasteiger partial charge in [0.1, 0.15) is 24.7 Å². The highest BCUT2D eigenvalue weighted by Gasteiger charge is 2.01. The van der Waals surface area contributed by atoms with Crippen molar-refractivity contribution in [2.45, 2.75) is 0 Å². The number of hydrogen-bond acceptors (Lipinski definition) is 7. The van der Waals surface area contributed by atoms with E-state index in [1.54, 1.807) is 36.4 Å². The minimum atomic E-state index is -3.37. The summed E-state index contributed by atoms with van der Waals surface area (Å²) in [7, 11) is -3.37. The SMILES string of the molecule is O=[P+]([O-])[O-].OCCOc1ccc(Cl)cc1Cl.OCCOc1ccc(Cl)cc1Cl. The van der Waals surface area contributed by atoms with E-state index in [0.717, 1.165) is 0 Å². The molecule has 0 heterocycles. The van der Waals surface area contributed by atoms with E-state index in [9.17, 15) is 0 Å². The van der Waals surface area contributed by atoms with Gasteiger partial charge in [-0.15, -0.1) is 0 Å². The van der Waals surface area contributed by atoms with E-state index in [4.69, 9.17) is 80.4 Å². The molecule has 2 rings (SSSR count). The number of benzene rings is 2. The molecular formula is C16H16Cl4O7P-. The molecule has 156 valence electrons. The molecule has 0 saturated carbocycles. The summed E-state index contributed by atoms with van der Waals surface area (Å²) in [6, 6.07) is 9.88. The third kappa shape index (κ3) is 13.3. The Bertz CT molecular complexity index is 675. The Morgan fingerprint density at radius 2 is 1.11 bits per heavy atom. The van der Waals surface area contributed by atoms with Crippen LogP contribution in [-0.2, 0) is 4.57 Å². The van der Waals surface area contributed by atoms with Crippen molar-refractivity contribution in [2.75, 3.05) is 26.4 Å². The van der Waals surface area contributed by atoms with Gasteiger partial charge >= 0.3 is 0 Å². The van der Waals surface area contributed by atoms with Crippen LogP contribution < -0.4 is 19.3 Å². The van der Waals surface area contributed by atoms with Gasteiger partial charge in [0.15, 0.2) is 0 Å². The summed E-state index contributed by atoms with van der Waals surface area (Å²) >= 11 is 22.9. The highest BCUT2D eigenvalue weighted by atomic mass is 35.5. The van der Waals surface area contributed by atoms with Crippen molar-refractivity contribution in [3.63, 3.8) is 0 Å². The van der Waals surface area contributed by atoms with Crippen molar-refractivity contribution < 1.29 is 34.0 Å². The van der Waals surface area contributed by atoms with Crippen molar-refractivity contribution in [2.24, 2.45) is 0 Å². The fourth-order valence-corrected chi connectivity index (χ4v) is 2.42. The molecule has 12 heteroatoms. The van der Waals surface area contributed by atoms with Gasteiger partial charge in [-0.05, 0) is 36.4 Å². The number of rotatable bonds is 6. The van der Waals surface area contributed by atoms with Crippen molar-refractivity contribution in [3.8, 4) is 11.5 Å². The molecule has 28 heavy (non-hydrogen) atoms. The largest absolute Gasteiger partial charge is 0.598 e. The average Bonchev–Trinajstić information content (AvgIpc) is 2.60. The molecule has 7 nitrogen and oxygen atoms in total. The molecule has 0 saturated heterocycles. The molecule has 2 N–H and O–H groups in total. The van der Waals surface area contributed by atoms with Crippen LogP contribution in [0, 0.1) is 0 Å². The van der Waals surface area contributed by atoms with Crippen molar-refractivity contribution in [3.05, 3.63) is 56.5 Å². The lowest BCUT2D eigenvalue weighted by Gasteiger charge is -2.05. The maximum absolute atomic E-state index is 8.48. The molecule has 0 aliphatic carbocycles. The van der Waals surface area contributed by atoms with E-state index in [0.29, 0.717) is 31.6 Å². The van der Waals surface area contributed by atoms with Crippen LogP contribution in [-0.4, -0.2) is 36.6 Å². The Morgan fingerprint density at radius 3 is 1.36 bits per heavy atom. The van der Waals surface area contributed by atoms with Gasteiger partial charge in [0.25, 0.3) is 8.25 Å². The maximum atomic E-state index is 8.48. The first-order chi connectivity index (χ1) is 13.2. The van der Waals surface area contributed by atoms with Crippen LogP contribution in [0.1, 0.15) is 0 Å². The summed E-state index contributed by atoms with van der Waals surface area (Å²) in [5, 5.41) is 19.0. The summed E-state index contributed by atoms with van der Waals surface area (Å²) in [5.41, 5.74) is 0. The zero-order valence-corrected chi connectivity index (χ0v) is 18.1. The topological polar surface area (TPSA) is 122 Å². The van der Waals surface area contributed by atoms with Crippen molar-refractivity contribution in [1.29, 1.82) is 0 Å². The van der Waals surface area contributed by atoms with Gasteiger partial charge in [-0.1, -0.05) is 51.0 Å². The summed E-state index contributed by atoms with van der Waals surface area (Å²) in [6.07, 6.45) is 0. The zero-order chi connectivity index (χ0) is 21.5. The van der Waals surface area contributed by atoms with Crippen LogP contribution in [0.3, 0.4) is 0 Å². The Labute approximate surface area is 182 Å². The first-order valence-electron chi connectivity index (χ1n) is 7.40. The second-order valence-electron chi connectivity index (χ2n) is 4.52. The molecule has 0 atom stereocenters. The molecule has 0 fully saturated rings. The number of ether oxygens (including phenoxy) is 2. The molecule has 0 bridgehead atoms. The average molecular weight is 493 g/mol. The van der Waals surface area contributed by atoms with Gasteiger partial charge in [0, 0.05) is 10.0 Å². The first kappa shape index (κ1) is 27.1. The van der Waals surface area contributed by atoms with Gasteiger partial charge in [-0.3, -0.25) is 0 Å². The van der Waals surface area contributed by atoms with Crippen LogP contribution in [0.2, 0.25) is 20.1 Å². The third-order valence-corrected chi connectivity index (χ3v) is 3.55. The summed E-state index contributed by atoms with van der Waals surface area (Å²) < 4.78 is 18.7. The van der Waals surface area contributed by atoms with Crippen LogP contribution in [0.5, 0.6) is 11.5 Å². The molecule has 0 amide bonds. The normalized spacial score (nSPS) is 9.43. The standard InChI is InChI=1S/2C8H8Cl2O2.HO3P/c2*9-6-1-2-8(7(10)5-6)12-4-3-11;1-4(2)3/h2*1-2,5,11H,3-4H2;(H,1,2,3)/p-1. The molecule has 0 aliphatic heterocycles. The van der Waals surface area contributed by atoms with E-state index in [-0.39, 0.29) is 26.4 Å². The quantitative estimate of drug-likeness (QED) is 0.594. The predicted molar refractivity (Wildman–Crippen MR) is 106 cm³/mol. The van der Waals surface area contributed by atoms with Crippen LogP contribution in [0.25, 0.3) is 0 Å². The second-order valence-corrected chi connectivity index (χ2v) is 6.65. The molecule has 2 aromatic rings. The number of hydrogen-bond donors (Lipinski definition) is 2. The number of aliphatic hydroxyl groups excluding tert-OH is 2. The molecule has 0 spiro atoms. The van der Waals surface area contributed by atoms with Crippen molar-refractivity contribution in [1.82, 2.24) is 0 Å². The van der Waals surface area contributed by atoms with Gasteiger partial charge < -0.3 is 29.5 Å². The van der Waals surface area contributed by atoms with Crippen LogP contribution in [0.15, 0.2) is 36.4 Å². The highest BCUT2D eigenvalue weighted by molar-refractivity contribution is 7.27. The molecule has 0 aromatic heterocycles. The minimum absolute atomic E-state index is 0.0288. The highest BCUT2D eigenvalue weighted by Crippen LogP contribution is 2.28. The predicted octanol–water partition coefficient (Wildman–Crippen LogP) is 3.09. The van der Waals surface area contributed by atoms with E-state index >= 15 is 0 Å². The molecule has 2 aromatic carbocycles. The Hall–Kier alpha value is -0.860. The van der Waals surface area contributed by atoms with Gasteiger partial charge in [-0.2, -0.15) is 0 Å². The lowest BCUT2D eigenvalue weighted by molar-refractivity contribution is -0.297. The number of halogens is 4. The smallest absolute Gasteiger partial charge is 0.276 e. The zero-order valence-electron chi connectivity index (χ0n) is 14.2. The van der Waals surface area contributed by atoms with E-state index in [2.05, 4.69) is 0 Å². The lowest BCUT2D eigenvalue weighted by Crippen LogP contribution is -2.01. The minimum Gasteiger partial charge on any atom is -0.598 e. The number of aliphatic hydroxyl groups is 2. The third-order valence-electron chi connectivity index (χ3n) is 2.49. The van der Waals surface area contributed by atoms with Crippen molar-refractivity contribution >= 4 is 54.7 Å². The van der Waals surface area contributed by atoms with E-state index < -0.39 is 8.25 Å². The van der Waals surface area contributed by atoms with Gasteiger partial charge in [-0.25, -0.2) is 0 Å². The maximum Gasteiger partial charge on any atom is 0.276 e. The Kier molecular flexibility index (Phi) is 15.5. The first-order valence-corrected chi connectivity index (χ1v) is 10.0.